The Morgan fingerprint density at radius 3 is 2.75 bits per heavy atom. The zero-order valence-electron chi connectivity index (χ0n) is 8.82. The van der Waals surface area contributed by atoms with Crippen LogP contribution in [0.25, 0.3) is 11.3 Å². The van der Waals surface area contributed by atoms with Crippen molar-refractivity contribution >= 4 is 27.0 Å². The third-order valence-corrected chi connectivity index (χ3v) is 3.42. The smallest absolute Gasteiger partial charge is 0.257 e. The van der Waals surface area contributed by atoms with Gasteiger partial charge in [0.25, 0.3) is 10.0 Å². The molecule has 3 N–H and O–H groups in total. The Bertz CT molecular complexity index is 600. The first-order valence-corrected chi connectivity index (χ1v) is 6.24. The number of hydrogen-bond acceptors (Lipinski definition) is 3. The summed E-state index contributed by atoms with van der Waals surface area (Å²) < 4.78 is 25.3. The molecular weight excluding hydrogens is 224 g/mol. The van der Waals surface area contributed by atoms with Gasteiger partial charge in [-0.1, -0.05) is 24.3 Å². The van der Waals surface area contributed by atoms with Gasteiger partial charge in [-0.3, -0.25) is 4.72 Å². The second-order valence-electron chi connectivity index (χ2n) is 3.73. The molecule has 2 rings (SSSR count). The van der Waals surface area contributed by atoms with E-state index >= 15 is 0 Å². The molecule has 0 unspecified atom stereocenters. The van der Waals surface area contributed by atoms with Gasteiger partial charge >= 0.3 is 0 Å². The number of rotatable bonds is 1. The number of fused-ring (bicyclic) bond motifs is 1. The van der Waals surface area contributed by atoms with Crippen LogP contribution in [-0.2, 0) is 10.0 Å². The fourth-order valence-corrected chi connectivity index (χ4v) is 2.70. The van der Waals surface area contributed by atoms with Crippen LogP contribution >= 0.6 is 0 Å². The molecular formula is C11H12N2O2S. The first-order chi connectivity index (χ1) is 7.41. The molecule has 16 heavy (non-hydrogen) atoms. The summed E-state index contributed by atoms with van der Waals surface area (Å²) in [7, 11) is -3.45. The molecule has 1 aliphatic rings. The van der Waals surface area contributed by atoms with E-state index in [2.05, 4.69) is 11.3 Å². The van der Waals surface area contributed by atoms with Gasteiger partial charge in [-0.25, -0.2) is 8.42 Å². The average Bonchev–Trinajstić information content (AvgIpc) is 2.14. The fourth-order valence-electron chi connectivity index (χ4n) is 1.71. The van der Waals surface area contributed by atoms with Crippen molar-refractivity contribution in [2.45, 2.75) is 6.92 Å². The van der Waals surface area contributed by atoms with E-state index in [1.165, 1.54) is 0 Å². The Morgan fingerprint density at radius 2 is 2.12 bits per heavy atom. The minimum absolute atomic E-state index is 0.243. The summed E-state index contributed by atoms with van der Waals surface area (Å²) in [5.74, 6) is 0. The van der Waals surface area contributed by atoms with Crippen molar-refractivity contribution in [1.82, 2.24) is 0 Å². The molecule has 0 amide bonds. The quantitative estimate of drug-likeness (QED) is 0.780. The van der Waals surface area contributed by atoms with Crippen LogP contribution in [0.2, 0.25) is 0 Å². The van der Waals surface area contributed by atoms with Gasteiger partial charge in [0.05, 0.1) is 16.8 Å². The summed E-state index contributed by atoms with van der Waals surface area (Å²) in [6, 6.07) is 5.31. The van der Waals surface area contributed by atoms with E-state index in [9.17, 15) is 8.42 Å². The molecule has 0 saturated heterocycles. The van der Waals surface area contributed by atoms with Gasteiger partial charge in [-0.2, -0.15) is 0 Å². The lowest BCUT2D eigenvalue weighted by Gasteiger charge is -2.20. The lowest BCUT2D eigenvalue weighted by Crippen LogP contribution is -2.19. The van der Waals surface area contributed by atoms with Crippen molar-refractivity contribution in [3.8, 4) is 0 Å². The van der Waals surface area contributed by atoms with Crippen LogP contribution in [0, 0.1) is 0 Å². The van der Waals surface area contributed by atoms with E-state index in [-0.39, 0.29) is 5.70 Å². The van der Waals surface area contributed by atoms with Gasteiger partial charge in [-0.05, 0) is 18.6 Å². The van der Waals surface area contributed by atoms with Crippen LogP contribution in [0.15, 0.2) is 30.2 Å². The molecule has 0 atom stereocenters. The van der Waals surface area contributed by atoms with Crippen LogP contribution in [0.1, 0.15) is 18.1 Å². The zero-order chi connectivity index (χ0) is 11.9. The maximum atomic E-state index is 11.4. The predicted molar refractivity (Wildman–Crippen MR) is 65.9 cm³/mol. The number of nitrogens with two attached hydrogens (primary N) is 1. The second kappa shape index (κ2) is 3.38. The molecule has 1 aromatic carbocycles. The number of sulfonamides is 1. The molecule has 5 heteroatoms. The second-order valence-corrected chi connectivity index (χ2v) is 5.26. The van der Waals surface area contributed by atoms with E-state index in [4.69, 9.17) is 5.73 Å². The van der Waals surface area contributed by atoms with Crippen molar-refractivity contribution < 1.29 is 8.42 Å². The third kappa shape index (κ3) is 1.69. The highest BCUT2D eigenvalue weighted by molar-refractivity contribution is 7.95. The Kier molecular flexibility index (Phi) is 2.27. The molecule has 84 valence electrons. The van der Waals surface area contributed by atoms with Crippen LogP contribution in [0.4, 0.5) is 5.69 Å². The largest absolute Gasteiger partial charge is 0.398 e. The molecule has 1 heterocycles. The molecule has 1 aliphatic heterocycles. The first kappa shape index (κ1) is 10.8. The lowest BCUT2D eigenvalue weighted by molar-refractivity contribution is 0.609. The summed E-state index contributed by atoms with van der Waals surface area (Å²) in [4.78, 5) is 0. The van der Waals surface area contributed by atoms with Crippen molar-refractivity contribution in [1.29, 1.82) is 0 Å². The maximum Gasteiger partial charge on any atom is 0.257 e. The highest BCUT2D eigenvalue weighted by Gasteiger charge is 2.21. The lowest BCUT2D eigenvalue weighted by atomic mass is 9.98. The molecule has 4 nitrogen and oxygen atoms in total. The summed E-state index contributed by atoms with van der Waals surface area (Å²) in [6.07, 6.45) is 0. The maximum absolute atomic E-state index is 11.4. The molecule has 0 fully saturated rings. The van der Waals surface area contributed by atoms with Gasteiger partial charge < -0.3 is 5.73 Å². The van der Waals surface area contributed by atoms with Crippen molar-refractivity contribution in [3.05, 3.63) is 41.3 Å². The molecule has 0 aromatic heterocycles. The highest BCUT2D eigenvalue weighted by Crippen LogP contribution is 2.33. The Balaban J connectivity index is 2.75. The van der Waals surface area contributed by atoms with Gasteiger partial charge in [-0.15, -0.1) is 0 Å². The predicted octanol–water partition coefficient (Wildman–Crippen LogP) is 1.73. The van der Waals surface area contributed by atoms with Crippen molar-refractivity contribution in [3.63, 3.8) is 0 Å². The van der Waals surface area contributed by atoms with E-state index in [0.717, 1.165) is 16.5 Å². The van der Waals surface area contributed by atoms with E-state index in [1.54, 1.807) is 12.1 Å². The molecule has 0 saturated carbocycles. The monoisotopic (exact) mass is 236 g/mol. The summed E-state index contributed by atoms with van der Waals surface area (Å²) in [5.41, 5.74) is 8.90. The SMILES string of the molecule is C=C(C)c1cccc2c1C(N)=CS(=O)(=O)N2. The third-order valence-electron chi connectivity index (χ3n) is 2.35. The molecule has 0 aliphatic carbocycles. The molecule has 0 bridgehead atoms. The molecule has 1 aromatic rings. The fraction of sp³-hybridized carbons (Fsp3) is 0.0909. The normalized spacial score (nSPS) is 16.9. The van der Waals surface area contributed by atoms with Gasteiger partial charge in [0.1, 0.15) is 0 Å². The van der Waals surface area contributed by atoms with Gasteiger partial charge in [0.2, 0.25) is 0 Å². The molecule has 0 radical (unpaired) electrons. The highest BCUT2D eigenvalue weighted by atomic mass is 32.2. The summed E-state index contributed by atoms with van der Waals surface area (Å²) in [5, 5.41) is 1.03. The summed E-state index contributed by atoms with van der Waals surface area (Å²) in [6.45, 7) is 5.70. The van der Waals surface area contributed by atoms with E-state index in [0.29, 0.717) is 11.3 Å². The van der Waals surface area contributed by atoms with Crippen LogP contribution < -0.4 is 10.5 Å². The average molecular weight is 236 g/mol. The van der Waals surface area contributed by atoms with Crippen LogP contribution in [0.5, 0.6) is 0 Å². The van der Waals surface area contributed by atoms with Crippen molar-refractivity contribution in [2.75, 3.05) is 4.72 Å². The number of allylic oxidation sites excluding steroid dienone is 1. The first-order valence-electron chi connectivity index (χ1n) is 4.70. The Labute approximate surface area is 94.5 Å². The van der Waals surface area contributed by atoms with E-state index < -0.39 is 10.0 Å². The number of benzene rings is 1. The number of anilines is 1. The standard InChI is InChI=1S/C11H12N2O2S/c1-7(2)8-4-3-5-10-11(8)9(12)6-16(14,15)13-10/h3-6,13H,1,12H2,2H3. The van der Waals surface area contributed by atoms with E-state index in [1.807, 2.05) is 13.0 Å². The number of nitrogens with one attached hydrogen (secondary N) is 1. The summed E-state index contributed by atoms with van der Waals surface area (Å²) >= 11 is 0. The van der Waals surface area contributed by atoms with Crippen molar-refractivity contribution in [2.24, 2.45) is 5.73 Å². The topological polar surface area (TPSA) is 72.2 Å². The van der Waals surface area contributed by atoms with Crippen LogP contribution in [0.3, 0.4) is 0 Å². The number of hydrogen-bond donors (Lipinski definition) is 2. The Hall–Kier alpha value is -1.75. The zero-order valence-corrected chi connectivity index (χ0v) is 9.64. The minimum atomic E-state index is -3.45. The molecule has 0 spiro atoms. The minimum Gasteiger partial charge on any atom is -0.398 e. The van der Waals surface area contributed by atoms with Gasteiger partial charge in [0, 0.05) is 5.56 Å². The van der Waals surface area contributed by atoms with Crippen LogP contribution in [-0.4, -0.2) is 8.42 Å². The Morgan fingerprint density at radius 1 is 1.44 bits per heavy atom. The van der Waals surface area contributed by atoms with Gasteiger partial charge in [0.15, 0.2) is 0 Å².